The van der Waals surface area contributed by atoms with Crippen LogP contribution >= 0.6 is 31.9 Å². The SMILES string of the molecule is Brc1ccc2c(n1)CCCO2.C1CCOC1.O=C1COc2ccc(Br)nc2C1. The van der Waals surface area contributed by atoms with Crippen LogP contribution < -0.4 is 9.47 Å². The van der Waals surface area contributed by atoms with Gasteiger partial charge in [0.15, 0.2) is 5.78 Å². The Morgan fingerprint density at radius 3 is 2.07 bits per heavy atom. The Bertz CT molecular complexity index is 805. The van der Waals surface area contributed by atoms with Crippen LogP contribution in [0, 0.1) is 0 Å². The Morgan fingerprint density at radius 2 is 1.43 bits per heavy atom. The van der Waals surface area contributed by atoms with Crippen molar-refractivity contribution in [2.24, 2.45) is 0 Å². The van der Waals surface area contributed by atoms with Gasteiger partial charge in [0.1, 0.15) is 27.3 Å². The van der Waals surface area contributed by atoms with E-state index in [4.69, 9.17) is 14.2 Å². The Kier molecular flexibility index (Phi) is 8.24. The summed E-state index contributed by atoms with van der Waals surface area (Å²) in [5, 5.41) is 0. The van der Waals surface area contributed by atoms with E-state index in [-0.39, 0.29) is 12.4 Å². The molecule has 5 heterocycles. The largest absolute Gasteiger partial charge is 0.492 e. The summed E-state index contributed by atoms with van der Waals surface area (Å²) in [5.41, 5.74) is 1.80. The van der Waals surface area contributed by atoms with Crippen molar-refractivity contribution in [3.63, 3.8) is 0 Å². The van der Waals surface area contributed by atoms with E-state index in [9.17, 15) is 4.79 Å². The fourth-order valence-electron chi connectivity index (χ4n) is 2.82. The molecule has 28 heavy (non-hydrogen) atoms. The Balaban J connectivity index is 0.000000130. The summed E-state index contributed by atoms with van der Waals surface area (Å²) < 4.78 is 17.1. The maximum absolute atomic E-state index is 11.0. The molecule has 150 valence electrons. The molecule has 0 bridgehead atoms. The molecule has 6 nitrogen and oxygen atoms in total. The van der Waals surface area contributed by atoms with Gasteiger partial charge in [-0.1, -0.05) is 0 Å². The average molecular weight is 514 g/mol. The summed E-state index contributed by atoms with van der Waals surface area (Å²) >= 11 is 6.56. The normalized spacial score (nSPS) is 16.9. The highest BCUT2D eigenvalue weighted by Crippen LogP contribution is 2.24. The molecular formula is C20H22Br2N2O4. The quantitative estimate of drug-likeness (QED) is 0.489. The summed E-state index contributed by atoms with van der Waals surface area (Å²) in [7, 11) is 0. The molecule has 0 N–H and O–H groups in total. The fraction of sp³-hybridized carbons (Fsp3) is 0.450. The van der Waals surface area contributed by atoms with Gasteiger partial charge in [-0.2, -0.15) is 0 Å². The second kappa shape index (κ2) is 10.9. The highest BCUT2D eigenvalue weighted by Gasteiger charge is 2.17. The smallest absolute Gasteiger partial charge is 0.176 e. The van der Waals surface area contributed by atoms with Crippen molar-refractivity contribution in [2.45, 2.75) is 32.1 Å². The van der Waals surface area contributed by atoms with Gasteiger partial charge in [0.25, 0.3) is 0 Å². The van der Waals surface area contributed by atoms with E-state index in [2.05, 4.69) is 41.8 Å². The number of ketones is 1. The van der Waals surface area contributed by atoms with Crippen molar-refractivity contribution in [1.82, 2.24) is 9.97 Å². The number of Topliss-reactive ketones (excluding diaryl/α,β-unsaturated/α-hetero) is 1. The zero-order valence-corrected chi connectivity index (χ0v) is 18.6. The number of carbonyl (C=O) groups excluding carboxylic acids is 1. The van der Waals surface area contributed by atoms with E-state index in [1.807, 2.05) is 18.2 Å². The predicted octanol–water partition coefficient (Wildman–Crippen LogP) is 4.31. The van der Waals surface area contributed by atoms with Crippen LogP contribution in [0.5, 0.6) is 11.5 Å². The molecule has 0 aliphatic carbocycles. The Morgan fingerprint density at radius 1 is 0.786 bits per heavy atom. The predicted molar refractivity (Wildman–Crippen MR) is 112 cm³/mol. The van der Waals surface area contributed by atoms with Gasteiger partial charge >= 0.3 is 0 Å². The van der Waals surface area contributed by atoms with Crippen LogP contribution in [0.3, 0.4) is 0 Å². The second-order valence-corrected chi connectivity index (χ2v) is 8.06. The summed E-state index contributed by atoms with van der Waals surface area (Å²) in [6, 6.07) is 7.49. The molecule has 0 saturated carbocycles. The van der Waals surface area contributed by atoms with Crippen LogP contribution in [0.1, 0.15) is 30.7 Å². The summed E-state index contributed by atoms with van der Waals surface area (Å²) in [6.45, 7) is 3.01. The first-order chi connectivity index (χ1) is 13.6. The average Bonchev–Trinajstić information content (AvgIpc) is 3.28. The van der Waals surface area contributed by atoms with Crippen LogP contribution in [0.2, 0.25) is 0 Å². The fourth-order valence-corrected chi connectivity index (χ4v) is 3.51. The van der Waals surface area contributed by atoms with Crippen LogP contribution in [-0.4, -0.2) is 42.2 Å². The zero-order valence-electron chi connectivity index (χ0n) is 15.5. The number of ether oxygens (including phenoxy) is 3. The lowest BCUT2D eigenvalue weighted by molar-refractivity contribution is -0.121. The first-order valence-electron chi connectivity index (χ1n) is 9.28. The second-order valence-electron chi connectivity index (χ2n) is 6.43. The molecule has 0 spiro atoms. The number of rotatable bonds is 0. The van der Waals surface area contributed by atoms with Gasteiger partial charge < -0.3 is 14.2 Å². The minimum absolute atomic E-state index is 0.0769. The third-order valence-electron chi connectivity index (χ3n) is 4.19. The van der Waals surface area contributed by atoms with E-state index in [1.165, 1.54) is 12.8 Å². The van der Waals surface area contributed by atoms with Gasteiger partial charge in [-0.3, -0.25) is 4.79 Å². The number of halogens is 2. The number of aromatic nitrogens is 2. The first-order valence-corrected chi connectivity index (χ1v) is 10.9. The van der Waals surface area contributed by atoms with Crippen molar-refractivity contribution in [2.75, 3.05) is 26.4 Å². The van der Waals surface area contributed by atoms with Gasteiger partial charge in [-0.05, 0) is 81.8 Å². The molecule has 0 unspecified atom stereocenters. The van der Waals surface area contributed by atoms with E-state index >= 15 is 0 Å². The third kappa shape index (κ3) is 6.53. The molecule has 0 radical (unpaired) electrons. The Labute approximate surface area is 181 Å². The van der Waals surface area contributed by atoms with Gasteiger partial charge in [-0.25, -0.2) is 9.97 Å². The van der Waals surface area contributed by atoms with Gasteiger partial charge in [0.2, 0.25) is 0 Å². The van der Waals surface area contributed by atoms with E-state index in [0.29, 0.717) is 6.42 Å². The molecule has 2 aromatic heterocycles. The zero-order chi connectivity index (χ0) is 19.8. The molecule has 0 aromatic carbocycles. The standard InChI is InChI=1S/C8H6BrNO2.C8H8BrNO.C4H8O/c9-8-2-1-7-6(10-8)3-5(11)4-12-7;9-8-4-3-7-6(10-8)2-1-5-11-7;1-2-4-5-3-1/h1-2H,3-4H2;3-4H,1-2,5H2;1-4H2. The van der Waals surface area contributed by atoms with Crippen molar-refractivity contribution in [1.29, 1.82) is 0 Å². The lowest BCUT2D eigenvalue weighted by atomic mass is 10.1. The molecule has 8 heteroatoms. The molecule has 3 aliphatic rings. The van der Waals surface area contributed by atoms with E-state index < -0.39 is 0 Å². The third-order valence-corrected chi connectivity index (χ3v) is 5.08. The molecule has 1 fully saturated rings. The summed E-state index contributed by atoms with van der Waals surface area (Å²) in [6.07, 6.45) is 5.06. The van der Waals surface area contributed by atoms with Crippen molar-refractivity contribution in [3.05, 3.63) is 44.9 Å². The summed E-state index contributed by atoms with van der Waals surface area (Å²) in [5.74, 6) is 1.74. The highest BCUT2D eigenvalue weighted by atomic mass is 79.9. The maximum atomic E-state index is 11.0. The number of hydrogen-bond acceptors (Lipinski definition) is 6. The molecular weight excluding hydrogens is 492 g/mol. The van der Waals surface area contributed by atoms with Crippen molar-refractivity contribution >= 4 is 37.6 Å². The van der Waals surface area contributed by atoms with Crippen LogP contribution in [-0.2, 0) is 22.4 Å². The summed E-state index contributed by atoms with van der Waals surface area (Å²) in [4.78, 5) is 19.4. The number of pyridine rings is 2. The van der Waals surface area contributed by atoms with E-state index in [1.54, 1.807) is 6.07 Å². The number of nitrogens with zero attached hydrogens (tertiary/aromatic N) is 2. The highest BCUT2D eigenvalue weighted by molar-refractivity contribution is 9.10. The van der Waals surface area contributed by atoms with Crippen LogP contribution in [0.4, 0.5) is 0 Å². The maximum Gasteiger partial charge on any atom is 0.176 e. The number of hydrogen-bond donors (Lipinski definition) is 0. The first kappa shape index (κ1) is 21.2. The number of carbonyl (C=O) groups is 1. The topological polar surface area (TPSA) is 70.5 Å². The lowest BCUT2D eigenvalue weighted by Gasteiger charge is -2.15. The molecule has 0 amide bonds. The van der Waals surface area contributed by atoms with Crippen molar-refractivity contribution < 1.29 is 19.0 Å². The lowest BCUT2D eigenvalue weighted by Crippen LogP contribution is -2.21. The van der Waals surface area contributed by atoms with E-state index in [0.717, 1.165) is 64.8 Å². The molecule has 0 atom stereocenters. The number of aryl methyl sites for hydroxylation is 1. The van der Waals surface area contributed by atoms with Gasteiger partial charge in [0, 0.05) is 13.2 Å². The molecule has 2 aromatic rings. The monoisotopic (exact) mass is 512 g/mol. The Hall–Kier alpha value is -1.51. The molecule has 1 saturated heterocycles. The minimum atomic E-state index is 0.0769. The van der Waals surface area contributed by atoms with Gasteiger partial charge in [0.05, 0.1) is 24.4 Å². The van der Waals surface area contributed by atoms with Crippen molar-refractivity contribution in [3.8, 4) is 11.5 Å². The van der Waals surface area contributed by atoms with Crippen LogP contribution in [0.25, 0.3) is 0 Å². The van der Waals surface area contributed by atoms with Gasteiger partial charge in [-0.15, -0.1) is 0 Å². The number of fused-ring (bicyclic) bond motifs is 2. The minimum Gasteiger partial charge on any atom is -0.492 e. The molecule has 5 rings (SSSR count). The van der Waals surface area contributed by atoms with Crippen LogP contribution in [0.15, 0.2) is 33.5 Å². The molecule has 3 aliphatic heterocycles.